The van der Waals surface area contributed by atoms with Crippen LogP contribution in [0.1, 0.15) is 59.8 Å². The molecular weight excluding hydrogens is 480 g/mol. The number of ketones is 2. The molecule has 0 bridgehead atoms. The molecular formula is C28H38O7S. The zero-order valence-electron chi connectivity index (χ0n) is 21.9. The molecule has 0 aromatic rings. The summed E-state index contributed by atoms with van der Waals surface area (Å²) in [5.41, 5.74) is -1.63. The molecule has 1 N–H and O–H groups in total. The fraction of sp³-hybridized carbons (Fsp3) is 0.714. The van der Waals surface area contributed by atoms with E-state index in [9.17, 15) is 24.3 Å². The SMILES string of the molecule is CCC(=O)O[C@]1(C(=O)COC(=O)CSC)CC[C@H]2[C@@H]3CC(C)C4=CC(=O)C=C[C@]4(C)[C@H]3C(O)C[C@@]21C. The Kier molecular flexibility index (Phi) is 7.34. The molecule has 36 heavy (non-hydrogen) atoms. The Morgan fingerprint density at radius 2 is 1.94 bits per heavy atom. The molecule has 4 aliphatic carbocycles. The van der Waals surface area contributed by atoms with Crippen molar-refractivity contribution in [2.24, 2.45) is 34.5 Å². The first-order valence-corrected chi connectivity index (χ1v) is 14.4. The van der Waals surface area contributed by atoms with Crippen LogP contribution in [0.2, 0.25) is 0 Å². The van der Waals surface area contributed by atoms with E-state index in [1.54, 1.807) is 25.3 Å². The summed E-state index contributed by atoms with van der Waals surface area (Å²) >= 11 is 1.31. The molecule has 0 amide bonds. The average molecular weight is 519 g/mol. The third-order valence-electron chi connectivity index (χ3n) is 9.59. The van der Waals surface area contributed by atoms with Gasteiger partial charge in [0.05, 0.1) is 11.9 Å². The van der Waals surface area contributed by atoms with E-state index in [2.05, 4.69) is 13.8 Å². The van der Waals surface area contributed by atoms with Gasteiger partial charge in [0.2, 0.25) is 5.78 Å². The minimum atomic E-state index is -1.45. The van der Waals surface area contributed by atoms with E-state index < -0.39 is 46.9 Å². The van der Waals surface area contributed by atoms with Crippen LogP contribution < -0.4 is 0 Å². The van der Waals surface area contributed by atoms with Gasteiger partial charge in [-0.3, -0.25) is 19.2 Å². The van der Waals surface area contributed by atoms with Crippen molar-refractivity contribution < 1.29 is 33.8 Å². The Bertz CT molecular complexity index is 1020. The minimum absolute atomic E-state index is 0.0177. The average Bonchev–Trinajstić information content (AvgIpc) is 3.11. The third kappa shape index (κ3) is 4.08. The first-order chi connectivity index (χ1) is 16.9. The summed E-state index contributed by atoms with van der Waals surface area (Å²) in [5, 5.41) is 11.7. The van der Waals surface area contributed by atoms with Gasteiger partial charge in [-0.25, -0.2) is 0 Å². The number of esters is 2. The van der Waals surface area contributed by atoms with Gasteiger partial charge in [0.25, 0.3) is 0 Å². The summed E-state index contributed by atoms with van der Waals surface area (Å²) < 4.78 is 11.3. The number of hydrogen-bond donors (Lipinski definition) is 1. The monoisotopic (exact) mass is 518 g/mol. The zero-order valence-corrected chi connectivity index (χ0v) is 22.7. The van der Waals surface area contributed by atoms with Crippen LogP contribution in [0.25, 0.3) is 0 Å². The highest BCUT2D eigenvalue weighted by Crippen LogP contribution is 2.68. The lowest BCUT2D eigenvalue weighted by Gasteiger charge is -2.61. The van der Waals surface area contributed by atoms with Gasteiger partial charge in [0.1, 0.15) is 0 Å². The summed E-state index contributed by atoms with van der Waals surface area (Å²) in [6, 6.07) is 0. The number of thioether (sulfide) groups is 1. The van der Waals surface area contributed by atoms with Gasteiger partial charge in [-0.05, 0) is 61.8 Å². The molecule has 7 nitrogen and oxygen atoms in total. The molecule has 3 fully saturated rings. The third-order valence-corrected chi connectivity index (χ3v) is 10.1. The van der Waals surface area contributed by atoms with E-state index in [1.165, 1.54) is 11.8 Å². The highest BCUT2D eigenvalue weighted by molar-refractivity contribution is 7.99. The fourth-order valence-electron chi connectivity index (χ4n) is 8.11. The second-order valence-corrected chi connectivity index (χ2v) is 12.3. The summed E-state index contributed by atoms with van der Waals surface area (Å²) in [4.78, 5) is 50.5. The first-order valence-electron chi connectivity index (χ1n) is 13.0. The number of rotatable bonds is 7. The standard InChI is InChI=1S/C28H38O7S/c1-6-23(32)35-28(22(31)14-34-24(33)15-36-5)10-8-19-18-11-16(2)20-12-17(29)7-9-26(20,3)25(18)21(30)13-27(19,28)4/h7,9,12,16,18-19,21,25,30H,6,8,10-11,13-15H2,1-5H3/t16?,18-,19-,21?,25+,26-,27-,28-/m0/s1. The minimum Gasteiger partial charge on any atom is -0.457 e. The number of allylic oxidation sites excluding steroid dienone is 4. The van der Waals surface area contributed by atoms with E-state index in [0.717, 1.165) is 12.0 Å². The van der Waals surface area contributed by atoms with Crippen molar-refractivity contribution in [2.75, 3.05) is 18.6 Å². The Hall–Kier alpha value is -1.93. The molecule has 0 heterocycles. The van der Waals surface area contributed by atoms with E-state index in [4.69, 9.17) is 9.47 Å². The largest absolute Gasteiger partial charge is 0.457 e. The van der Waals surface area contributed by atoms with Crippen molar-refractivity contribution in [2.45, 2.75) is 71.5 Å². The first kappa shape index (κ1) is 27.1. The summed E-state index contributed by atoms with van der Waals surface area (Å²) in [6.45, 7) is 7.44. The molecule has 0 radical (unpaired) electrons. The van der Waals surface area contributed by atoms with Crippen molar-refractivity contribution >= 4 is 35.3 Å². The maximum atomic E-state index is 13.7. The Morgan fingerprint density at radius 3 is 2.61 bits per heavy atom. The molecule has 0 spiro atoms. The molecule has 4 aliphatic rings. The number of Topliss-reactive ketones (excluding diaryl/α,β-unsaturated/α-hetero) is 1. The van der Waals surface area contributed by atoms with Crippen molar-refractivity contribution in [3.63, 3.8) is 0 Å². The van der Waals surface area contributed by atoms with Crippen molar-refractivity contribution in [1.29, 1.82) is 0 Å². The molecule has 0 aromatic carbocycles. The number of ether oxygens (including phenoxy) is 2. The van der Waals surface area contributed by atoms with Gasteiger partial charge in [-0.1, -0.05) is 39.3 Å². The molecule has 0 aromatic heterocycles. The lowest BCUT2D eigenvalue weighted by Crippen LogP contribution is -2.63. The molecule has 8 heteroatoms. The predicted octanol–water partition coefficient (Wildman–Crippen LogP) is 3.68. The van der Waals surface area contributed by atoms with Crippen LogP contribution in [0.15, 0.2) is 23.8 Å². The molecule has 4 rings (SSSR count). The van der Waals surface area contributed by atoms with Crippen molar-refractivity contribution in [3.8, 4) is 0 Å². The topological polar surface area (TPSA) is 107 Å². The summed E-state index contributed by atoms with van der Waals surface area (Å²) in [6.07, 6.45) is 8.55. The van der Waals surface area contributed by atoms with Crippen molar-refractivity contribution in [1.82, 2.24) is 0 Å². The number of hydrogen-bond acceptors (Lipinski definition) is 8. The van der Waals surface area contributed by atoms with E-state index in [1.807, 2.05) is 13.0 Å². The lowest BCUT2D eigenvalue weighted by atomic mass is 9.44. The summed E-state index contributed by atoms with van der Waals surface area (Å²) in [7, 11) is 0. The number of aliphatic hydroxyl groups is 1. The van der Waals surface area contributed by atoms with Crippen LogP contribution in [-0.2, 0) is 28.7 Å². The molecule has 8 atom stereocenters. The van der Waals surface area contributed by atoms with Crippen LogP contribution in [0.3, 0.4) is 0 Å². The number of carbonyl (C=O) groups is 4. The van der Waals surface area contributed by atoms with Gasteiger partial charge in [-0.2, -0.15) is 11.8 Å². The Morgan fingerprint density at radius 1 is 1.22 bits per heavy atom. The summed E-state index contributed by atoms with van der Waals surface area (Å²) in [5.74, 6) is -1.08. The molecule has 198 valence electrons. The van der Waals surface area contributed by atoms with Gasteiger partial charge >= 0.3 is 11.9 Å². The normalized spacial score (nSPS) is 41.0. The smallest absolute Gasteiger partial charge is 0.316 e. The van der Waals surface area contributed by atoms with E-state index >= 15 is 0 Å². The molecule has 3 saturated carbocycles. The quantitative estimate of drug-likeness (QED) is 0.509. The van der Waals surface area contributed by atoms with E-state index in [-0.39, 0.29) is 41.6 Å². The molecule has 0 saturated heterocycles. The van der Waals surface area contributed by atoms with Crippen LogP contribution in [0, 0.1) is 34.5 Å². The maximum Gasteiger partial charge on any atom is 0.316 e. The van der Waals surface area contributed by atoms with Gasteiger partial charge in [0.15, 0.2) is 18.0 Å². The second-order valence-electron chi connectivity index (χ2n) is 11.5. The number of fused-ring (bicyclic) bond motifs is 5. The van der Waals surface area contributed by atoms with Crippen LogP contribution in [0.5, 0.6) is 0 Å². The molecule has 2 unspecified atom stereocenters. The fourth-order valence-corrected chi connectivity index (χ4v) is 8.43. The Balaban J connectivity index is 1.71. The predicted molar refractivity (Wildman–Crippen MR) is 136 cm³/mol. The van der Waals surface area contributed by atoms with E-state index in [0.29, 0.717) is 19.3 Å². The van der Waals surface area contributed by atoms with Gasteiger partial charge < -0.3 is 14.6 Å². The Labute approximate surface area is 217 Å². The zero-order chi connectivity index (χ0) is 26.5. The highest BCUT2D eigenvalue weighted by atomic mass is 32.2. The van der Waals surface area contributed by atoms with Gasteiger partial charge in [0, 0.05) is 23.2 Å². The lowest BCUT2D eigenvalue weighted by molar-refractivity contribution is -0.201. The van der Waals surface area contributed by atoms with Crippen LogP contribution in [-0.4, -0.2) is 58.9 Å². The molecule has 0 aliphatic heterocycles. The number of aliphatic hydroxyl groups excluding tert-OH is 1. The highest BCUT2D eigenvalue weighted by Gasteiger charge is 2.70. The maximum absolute atomic E-state index is 13.7. The van der Waals surface area contributed by atoms with Crippen LogP contribution >= 0.6 is 11.8 Å². The van der Waals surface area contributed by atoms with Gasteiger partial charge in [-0.15, -0.1) is 0 Å². The second kappa shape index (κ2) is 9.75. The van der Waals surface area contributed by atoms with Crippen molar-refractivity contribution in [3.05, 3.63) is 23.8 Å². The van der Waals surface area contributed by atoms with Crippen LogP contribution in [0.4, 0.5) is 0 Å². The number of carbonyl (C=O) groups excluding carboxylic acids is 4.